The lowest BCUT2D eigenvalue weighted by molar-refractivity contribution is -0.432. The molecule has 0 fully saturated rings. The SMILES string of the molecule is O=S(=O)(O)c1ccc(C2=c3[nH]c(c(Br)c3Br)=C(c3ccc(S(=O)(=O)O)cc3)c3[nH]c(c(Br)c3Br)C(c3ccc(SOOO)cc3)=c3[nH]c(c(Br)c3Br)=C(c3ccc(SOOO)cc3)c3[nH]c2c(Br)c3Br)cc1. The summed E-state index contributed by atoms with van der Waals surface area (Å²) < 4.78 is 83.2. The average molecular weight is 1570 g/mol. The number of nitrogens with one attached hydrogen (secondary N) is 4. The first kappa shape index (κ1) is 54.4. The summed E-state index contributed by atoms with van der Waals surface area (Å²) in [5.74, 6) is 0. The van der Waals surface area contributed by atoms with Crippen LogP contribution in [0, 0.1) is 0 Å². The van der Waals surface area contributed by atoms with Crippen molar-refractivity contribution >= 4 is 194 Å². The number of hydrogen-bond acceptors (Lipinski definition) is 12. The molecular weight excluding hydrogens is 1540 g/mol. The Balaban J connectivity index is 1.52. The van der Waals surface area contributed by atoms with Crippen molar-refractivity contribution in [3.8, 4) is 0 Å². The van der Waals surface area contributed by atoms with E-state index in [1.165, 1.54) is 24.3 Å². The van der Waals surface area contributed by atoms with Crippen molar-refractivity contribution in [3.05, 3.63) is 199 Å². The van der Waals surface area contributed by atoms with Gasteiger partial charge in [-0.25, -0.2) is 10.5 Å². The number of benzene rings is 4. The van der Waals surface area contributed by atoms with Gasteiger partial charge in [0.05, 0.1) is 114 Å². The fraction of sp³-hybridized carbons (Fsp3) is 0. The molecule has 0 amide bonds. The van der Waals surface area contributed by atoms with E-state index in [1.54, 1.807) is 48.5 Å². The monoisotopic (exact) mass is 1560 g/mol. The van der Waals surface area contributed by atoms with E-state index in [1.807, 2.05) is 24.3 Å². The molecule has 4 aromatic heterocycles. The van der Waals surface area contributed by atoms with Gasteiger partial charge in [-0.1, -0.05) is 58.6 Å². The molecule has 9 rings (SSSR count). The molecule has 0 atom stereocenters. The van der Waals surface area contributed by atoms with Crippen LogP contribution < -0.4 is 21.4 Å². The summed E-state index contributed by atoms with van der Waals surface area (Å²) in [6.45, 7) is 0. The van der Waals surface area contributed by atoms with Crippen LogP contribution in [0.25, 0.3) is 22.3 Å². The van der Waals surface area contributed by atoms with Crippen LogP contribution in [0.1, 0.15) is 45.0 Å². The highest BCUT2D eigenvalue weighted by atomic mass is 79.9. The van der Waals surface area contributed by atoms with Gasteiger partial charge >= 0.3 is 0 Å². The number of H-pyrrole nitrogens is 4. The lowest BCUT2D eigenvalue weighted by Gasteiger charge is -2.11. The largest absolute Gasteiger partial charge is 0.352 e. The van der Waals surface area contributed by atoms with Crippen molar-refractivity contribution in [2.75, 3.05) is 0 Å². The maximum absolute atomic E-state index is 12.3. The van der Waals surface area contributed by atoms with E-state index in [4.69, 9.17) is 19.2 Å². The third kappa shape index (κ3) is 10.4. The molecular formula is C44H24Br8N4O12S4. The molecule has 0 saturated carbocycles. The molecule has 8 bridgehead atoms. The maximum Gasteiger partial charge on any atom is 0.294 e. The van der Waals surface area contributed by atoms with E-state index in [-0.39, 0.29) is 9.79 Å². The van der Waals surface area contributed by atoms with Crippen molar-refractivity contribution in [1.82, 2.24) is 19.9 Å². The minimum absolute atomic E-state index is 0.329. The number of hydrogen-bond donors (Lipinski definition) is 8. The van der Waals surface area contributed by atoms with E-state index in [0.29, 0.717) is 134 Å². The zero-order valence-electron chi connectivity index (χ0n) is 34.9. The number of aromatic amines is 4. The molecule has 0 aliphatic carbocycles. The van der Waals surface area contributed by atoms with Gasteiger partial charge < -0.3 is 19.9 Å². The van der Waals surface area contributed by atoms with Crippen LogP contribution in [0.15, 0.2) is 152 Å². The van der Waals surface area contributed by atoms with Crippen LogP contribution >= 0.6 is 152 Å². The van der Waals surface area contributed by atoms with Gasteiger partial charge in [-0.2, -0.15) is 16.8 Å². The fourth-order valence-electron chi connectivity index (χ4n) is 7.90. The number of rotatable bonds is 12. The predicted molar refractivity (Wildman–Crippen MR) is 296 cm³/mol. The zero-order valence-corrected chi connectivity index (χ0v) is 50.9. The Labute approximate surface area is 482 Å². The second-order valence-electron chi connectivity index (χ2n) is 15.0. The number of fused-ring (bicyclic) bond motifs is 8. The number of halogens is 8. The summed E-state index contributed by atoms with van der Waals surface area (Å²) in [7, 11) is -9.17. The van der Waals surface area contributed by atoms with Gasteiger partial charge in [0.25, 0.3) is 20.2 Å². The summed E-state index contributed by atoms with van der Waals surface area (Å²) in [6, 6.07) is 25.9. The van der Waals surface area contributed by atoms with Crippen LogP contribution in [0.2, 0.25) is 0 Å². The van der Waals surface area contributed by atoms with Gasteiger partial charge in [0, 0.05) is 32.1 Å². The molecule has 0 unspecified atom stereocenters. The fourth-order valence-corrected chi connectivity index (χ4v) is 13.5. The quantitative estimate of drug-likeness (QED) is 0.0245. The van der Waals surface area contributed by atoms with Crippen molar-refractivity contribution in [3.63, 3.8) is 0 Å². The van der Waals surface area contributed by atoms with Crippen LogP contribution in [0.4, 0.5) is 0 Å². The first-order valence-corrected chi connectivity index (χ1v) is 30.4. The Morgan fingerprint density at radius 1 is 0.361 bits per heavy atom. The van der Waals surface area contributed by atoms with E-state index in [9.17, 15) is 25.9 Å². The van der Waals surface area contributed by atoms with Gasteiger partial charge in [-0.15, -0.1) is 8.67 Å². The number of aromatic nitrogens is 4. The summed E-state index contributed by atoms with van der Waals surface area (Å²) in [5.41, 5.74) is 6.75. The molecule has 8 aromatic rings. The summed E-state index contributed by atoms with van der Waals surface area (Å²) in [5, 5.41) is 27.5. The minimum Gasteiger partial charge on any atom is -0.352 e. The summed E-state index contributed by atoms with van der Waals surface area (Å²) in [4.78, 5) is 15.2. The predicted octanol–water partition coefficient (Wildman–Crippen LogP) is 11.8. The van der Waals surface area contributed by atoms with E-state index in [0.717, 1.165) is 24.1 Å². The Bertz CT molecular complexity index is 3730. The molecule has 8 N–H and O–H groups in total. The van der Waals surface area contributed by atoms with Gasteiger partial charge in [0.15, 0.2) is 0 Å². The van der Waals surface area contributed by atoms with Crippen molar-refractivity contribution in [2.45, 2.75) is 19.6 Å². The molecule has 0 saturated heterocycles. The third-order valence-corrected chi connectivity index (χ3v) is 22.4. The molecule has 5 heterocycles. The normalized spacial score (nSPS) is 13.2. The molecule has 1 aliphatic rings. The Morgan fingerprint density at radius 3 is 0.819 bits per heavy atom. The molecule has 4 aromatic carbocycles. The maximum atomic E-state index is 12.3. The molecule has 0 spiro atoms. The summed E-state index contributed by atoms with van der Waals surface area (Å²) >= 11 is 32.8. The standard InChI is InChI=1S/C44H24Br8N4O12S4/c45-29-30(46)38-26(18-3-11-22(12-4-18)70-68-66-58)40-32(48)34(50)42(55-40)28(20-7-15-24(16-8-20)72(62,63)64)44-36(52)35(51)43(56-44)27(19-5-13-23(14-6-19)71(59,60)61)41-33(49)31(47)39(54-41)25(37(29)53-38)17-1-9-21(10-2-17)69-67-65-57/h1-16,53-58H,(H,59,60,61)(H,62,63,64). The Kier molecular flexibility index (Phi) is 16.6. The van der Waals surface area contributed by atoms with Gasteiger partial charge in [0.2, 0.25) is 0 Å². The molecule has 28 heteroatoms. The smallest absolute Gasteiger partial charge is 0.294 e. The second-order valence-corrected chi connectivity index (χ2v) is 25.7. The summed E-state index contributed by atoms with van der Waals surface area (Å²) in [6.07, 6.45) is 0. The van der Waals surface area contributed by atoms with E-state index < -0.39 is 20.2 Å². The van der Waals surface area contributed by atoms with Gasteiger partial charge in [-0.05, 0) is 198 Å². The first-order chi connectivity index (χ1) is 34.2. The van der Waals surface area contributed by atoms with Crippen molar-refractivity contribution < 1.29 is 55.2 Å². The minimum atomic E-state index is -4.58. The molecule has 1 aliphatic heterocycles. The second kappa shape index (κ2) is 21.9. The first-order valence-electron chi connectivity index (χ1n) is 19.7. The van der Waals surface area contributed by atoms with Gasteiger partial charge in [-0.3, -0.25) is 9.11 Å². The lowest BCUT2D eigenvalue weighted by atomic mass is 10.0. The lowest BCUT2D eigenvalue weighted by Crippen LogP contribution is -2.20. The Hall–Kier alpha value is -2.40. The van der Waals surface area contributed by atoms with Crippen molar-refractivity contribution in [2.24, 2.45) is 0 Å². The molecule has 372 valence electrons. The highest BCUT2D eigenvalue weighted by Gasteiger charge is 2.29. The molecule has 0 radical (unpaired) electrons. The van der Waals surface area contributed by atoms with E-state index >= 15 is 0 Å². The van der Waals surface area contributed by atoms with Gasteiger partial charge in [0.1, 0.15) is 0 Å². The third-order valence-electron chi connectivity index (χ3n) is 11.0. The van der Waals surface area contributed by atoms with Crippen LogP contribution in [0.5, 0.6) is 0 Å². The highest BCUT2D eigenvalue weighted by Crippen LogP contribution is 2.43. The highest BCUT2D eigenvalue weighted by molar-refractivity contribution is 9.14. The topological polar surface area (TPSA) is 249 Å². The Morgan fingerprint density at radius 2 is 0.597 bits per heavy atom. The van der Waals surface area contributed by atoms with Crippen LogP contribution in [-0.2, 0) is 39.0 Å². The average Bonchev–Trinajstić information content (AvgIpc) is 4.02. The van der Waals surface area contributed by atoms with E-state index in [2.05, 4.69) is 157 Å². The van der Waals surface area contributed by atoms with Crippen LogP contribution in [-0.4, -0.2) is 56.4 Å². The zero-order chi connectivity index (χ0) is 51.6. The van der Waals surface area contributed by atoms with Crippen molar-refractivity contribution in [1.29, 1.82) is 0 Å². The molecule has 72 heavy (non-hydrogen) atoms. The molecule has 16 nitrogen and oxygen atoms in total. The van der Waals surface area contributed by atoms with Crippen LogP contribution in [0.3, 0.4) is 0 Å².